The molecule has 1 aromatic heterocycles. The van der Waals surface area contributed by atoms with Crippen molar-refractivity contribution in [2.75, 3.05) is 31.3 Å². The van der Waals surface area contributed by atoms with Crippen molar-refractivity contribution >= 4 is 5.82 Å². The zero-order chi connectivity index (χ0) is 16.2. The number of hydrogen-bond acceptors (Lipinski definition) is 6. The van der Waals surface area contributed by atoms with Crippen molar-refractivity contribution in [3.05, 3.63) is 12.4 Å². The average molecular weight is 321 g/mol. The third-order valence-electron chi connectivity index (χ3n) is 4.61. The molecule has 0 aliphatic carbocycles. The lowest BCUT2D eigenvalue weighted by Crippen LogP contribution is -2.46. The molecular weight excluding hydrogens is 294 g/mol. The van der Waals surface area contributed by atoms with Crippen LogP contribution in [0, 0.1) is 11.8 Å². The number of aliphatic hydroxyl groups excluding tert-OH is 1. The van der Waals surface area contributed by atoms with Gasteiger partial charge in [0, 0.05) is 25.1 Å². The molecule has 23 heavy (non-hydrogen) atoms. The highest BCUT2D eigenvalue weighted by Gasteiger charge is 2.38. The van der Waals surface area contributed by atoms with Crippen molar-refractivity contribution in [2.24, 2.45) is 11.8 Å². The summed E-state index contributed by atoms with van der Waals surface area (Å²) < 4.78 is 11.3. The van der Waals surface area contributed by atoms with Gasteiger partial charge in [0.1, 0.15) is 0 Å². The molecule has 0 amide bonds. The van der Waals surface area contributed by atoms with E-state index in [0.717, 1.165) is 31.6 Å². The van der Waals surface area contributed by atoms with Gasteiger partial charge < -0.3 is 19.5 Å². The normalized spacial score (nSPS) is 28.3. The Morgan fingerprint density at radius 1 is 1.39 bits per heavy atom. The largest absolute Gasteiger partial charge is 0.476 e. The van der Waals surface area contributed by atoms with Crippen molar-refractivity contribution in [3.8, 4) is 5.88 Å². The molecule has 3 atom stereocenters. The third-order valence-corrected chi connectivity index (χ3v) is 4.61. The maximum atomic E-state index is 10.3. The third kappa shape index (κ3) is 3.93. The molecular formula is C17H27N3O3. The summed E-state index contributed by atoms with van der Waals surface area (Å²) in [6, 6.07) is 0.264. The number of hydrogen-bond donors (Lipinski definition) is 1. The topological polar surface area (TPSA) is 67.7 Å². The fourth-order valence-electron chi connectivity index (χ4n) is 3.44. The Kier molecular flexibility index (Phi) is 5.33. The zero-order valence-electron chi connectivity index (χ0n) is 14.0. The van der Waals surface area contributed by atoms with Gasteiger partial charge in [0.2, 0.25) is 5.88 Å². The van der Waals surface area contributed by atoms with Crippen LogP contribution in [-0.4, -0.2) is 53.6 Å². The van der Waals surface area contributed by atoms with Crippen molar-refractivity contribution in [2.45, 2.75) is 45.3 Å². The molecule has 2 saturated heterocycles. The summed E-state index contributed by atoms with van der Waals surface area (Å²) in [4.78, 5) is 11.2. The Labute approximate surface area is 137 Å². The van der Waals surface area contributed by atoms with E-state index in [-0.39, 0.29) is 18.1 Å². The molecule has 0 unspecified atom stereocenters. The highest BCUT2D eigenvalue weighted by atomic mass is 16.5. The van der Waals surface area contributed by atoms with Crippen LogP contribution in [0.2, 0.25) is 0 Å². The number of nitrogens with zero attached hydrogens (tertiary/aromatic N) is 3. The maximum absolute atomic E-state index is 10.3. The van der Waals surface area contributed by atoms with Crippen molar-refractivity contribution in [1.29, 1.82) is 0 Å². The first-order chi connectivity index (χ1) is 11.1. The molecule has 3 heterocycles. The Balaban J connectivity index is 1.73. The molecule has 3 rings (SSSR count). The van der Waals surface area contributed by atoms with Crippen molar-refractivity contribution in [3.63, 3.8) is 0 Å². The molecule has 0 saturated carbocycles. The molecule has 0 aromatic carbocycles. The van der Waals surface area contributed by atoms with E-state index in [1.54, 1.807) is 12.4 Å². The van der Waals surface area contributed by atoms with E-state index in [1.807, 2.05) is 0 Å². The molecule has 0 bridgehead atoms. The van der Waals surface area contributed by atoms with Gasteiger partial charge in [-0.25, -0.2) is 0 Å². The summed E-state index contributed by atoms with van der Waals surface area (Å²) in [6.07, 6.45) is 6.05. The Morgan fingerprint density at radius 3 is 3.04 bits per heavy atom. The lowest BCUT2D eigenvalue weighted by Gasteiger charge is -2.37. The first kappa shape index (κ1) is 16.5. The lowest BCUT2D eigenvalue weighted by atomic mass is 9.89. The molecule has 2 aliphatic heterocycles. The highest BCUT2D eigenvalue weighted by molar-refractivity contribution is 5.41. The SMILES string of the molecule is CC(C)COc1cncc(N2CCC[C@@H]2[C@@H]2COCC[C@H]2O)n1. The zero-order valence-corrected chi connectivity index (χ0v) is 14.0. The van der Waals surface area contributed by atoms with Gasteiger partial charge in [0.15, 0.2) is 5.82 Å². The second-order valence-electron chi connectivity index (χ2n) is 6.92. The predicted octanol–water partition coefficient (Wildman–Crippen LogP) is 1.88. The van der Waals surface area contributed by atoms with Gasteiger partial charge in [0.25, 0.3) is 0 Å². The second kappa shape index (κ2) is 7.45. The minimum atomic E-state index is -0.289. The lowest BCUT2D eigenvalue weighted by molar-refractivity contribution is -0.0438. The molecule has 6 nitrogen and oxygen atoms in total. The standard InChI is InChI=1S/C17H27N3O3/c1-12(2)10-23-17-9-18-8-16(19-17)20-6-3-4-14(20)13-11-22-7-5-15(13)21/h8-9,12-15,21H,3-7,10-11H2,1-2H3/t13-,14+,15+/m0/s1. The highest BCUT2D eigenvalue weighted by Crippen LogP contribution is 2.33. The molecule has 1 N–H and O–H groups in total. The number of rotatable bonds is 5. The summed E-state index contributed by atoms with van der Waals surface area (Å²) in [7, 11) is 0. The molecule has 2 fully saturated rings. The van der Waals surface area contributed by atoms with E-state index in [1.165, 1.54) is 0 Å². The van der Waals surface area contributed by atoms with Crippen LogP contribution < -0.4 is 9.64 Å². The van der Waals surface area contributed by atoms with Crippen LogP contribution >= 0.6 is 0 Å². The summed E-state index contributed by atoms with van der Waals surface area (Å²) in [5, 5.41) is 10.3. The minimum Gasteiger partial charge on any atom is -0.476 e. The van der Waals surface area contributed by atoms with Crippen LogP contribution in [0.3, 0.4) is 0 Å². The van der Waals surface area contributed by atoms with E-state index in [0.29, 0.717) is 31.6 Å². The number of aromatic nitrogens is 2. The Hall–Kier alpha value is -1.40. The minimum absolute atomic E-state index is 0.147. The number of aliphatic hydroxyl groups is 1. The van der Waals surface area contributed by atoms with Gasteiger partial charge in [0.05, 0.1) is 31.7 Å². The van der Waals surface area contributed by atoms with Gasteiger partial charge in [-0.2, -0.15) is 4.98 Å². The van der Waals surface area contributed by atoms with Crippen LogP contribution in [0.15, 0.2) is 12.4 Å². The first-order valence-electron chi connectivity index (χ1n) is 8.62. The molecule has 0 spiro atoms. The summed E-state index contributed by atoms with van der Waals surface area (Å²) in [5.41, 5.74) is 0. The van der Waals surface area contributed by atoms with Crippen LogP contribution in [0.25, 0.3) is 0 Å². The summed E-state index contributed by atoms with van der Waals surface area (Å²) >= 11 is 0. The summed E-state index contributed by atoms with van der Waals surface area (Å²) in [6.45, 7) is 7.07. The molecule has 0 radical (unpaired) electrons. The quantitative estimate of drug-likeness (QED) is 0.893. The number of anilines is 1. The van der Waals surface area contributed by atoms with Gasteiger partial charge in [-0.1, -0.05) is 13.8 Å². The second-order valence-corrected chi connectivity index (χ2v) is 6.92. The fourth-order valence-corrected chi connectivity index (χ4v) is 3.44. The smallest absolute Gasteiger partial charge is 0.234 e. The first-order valence-corrected chi connectivity index (χ1v) is 8.62. The van der Waals surface area contributed by atoms with Gasteiger partial charge in [-0.3, -0.25) is 4.98 Å². The van der Waals surface area contributed by atoms with E-state index >= 15 is 0 Å². The summed E-state index contributed by atoms with van der Waals surface area (Å²) in [5.74, 6) is 2.01. The average Bonchev–Trinajstić information content (AvgIpc) is 3.03. The molecule has 128 valence electrons. The molecule has 2 aliphatic rings. The number of ether oxygens (including phenoxy) is 2. The fraction of sp³-hybridized carbons (Fsp3) is 0.765. The Morgan fingerprint density at radius 2 is 2.26 bits per heavy atom. The maximum Gasteiger partial charge on any atom is 0.234 e. The molecule has 1 aromatic rings. The van der Waals surface area contributed by atoms with E-state index in [2.05, 4.69) is 28.7 Å². The van der Waals surface area contributed by atoms with Gasteiger partial charge in [-0.05, 0) is 25.2 Å². The molecule has 6 heteroatoms. The Bertz CT molecular complexity index is 512. The predicted molar refractivity (Wildman–Crippen MR) is 87.7 cm³/mol. The van der Waals surface area contributed by atoms with Crippen LogP contribution in [0.1, 0.15) is 33.1 Å². The van der Waals surface area contributed by atoms with Gasteiger partial charge in [-0.15, -0.1) is 0 Å². The van der Waals surface area contributed by atoms with E-state index < -0.39 is 0 Å². The van der Waals surface area contributed by atoms with Crippen molar-refractivity contribution < 1.29 is 14.6 Å². The van der Waals surface area contributed by atoms with Crippen LogP contribution in [0.4, 0.5) is 5.82 Å². The monoisotopic (exact) mass is 321 g/mol. The van der Waals surface area contributed by atoms with Gasteiger partial charge >= 0.3 is 0 Å². The van der Waals surface area contributed by atoms with E-state index in [9.17, 15) is 5.11 Å². The van der Waals surface area contributed by atoms with Crippen molar-refractivity contribution in [1.82, 2.24) is 9.97 Å². The van der Waals surface area contributed by atoms with Crippen LogP contribution in [0.5, 0.6) is 5.88 Å². The van der Waals surface area contributed by atoms with E-state index in [4.69, 9.17) is 9.47 Å². The van der Waals surface area contributed by atoms with Crippen LogP contribution in [-0.2, 0) is 4.74 Å².